The summed E-state index contributed by atoms with van der Waals surface area (Å²) in [7, 11) is 0. The lowest BCUT2D eigenvalue weighted by Crippen LogP contribution is -2.17. The van der Waals surface area contributed by atoms with Gasteiger partial charge in [0.2, 0.25) is 0 Å². The molecule has 0 aromatic carbocycles. The van der Waals surface area contributed by atoms with Gasteiger partial charge in [0.15, 0.2) is 5.90 Å². The smallest absolute Gasteiger partial charge is 0.191 e. The van der Waals surface area contributed by atoms with Crippen LogP contribution in [-0.4, -0.2) is 22.5 Å². The second-order valence-corrected chi connectivity index (χ2v) is 5.19. The molecule has 0 atom stereocenters. The number of aliphatic imine (C=N–C) groups is 1. The average molecular weight is 279 g/mol. The number of ether oxygens (including phenoxy) is 1. The zero-order valence-electron chi connectivity index (χ0n) is 7.56. The Labute approximate surface area is 86.9 Å². The first-order valence-corrected chi connectivity index (χ1v) is 5.90. The summed E-state index contributed by atoms with van der Waals surface area (Å²) in [6.45, 7) is 5.02. The second-order valence-electron chi connectivity index (χ2n) is 4.43. The molecule has 1 aliphatic carbocycles. The molecule has 0 N–H and O–H groups in total. The third-order valence-electron chi connectivity index (χ3n) is 2.53. The molecule has 1 heterocycles. The lowest BCUT2D eigenvalue weighted by atomic mass is 10.1. The maximum atomic E-state index is 5.63. The number of hydrogen-bond donors (Lipinski definition) is 0. The highest BCUT2D eigenvalue weighted by Gasteiger charge is 2.50. The Morgan fingerprint density at radius 2 is 2.17 bits per heavy atom. The van der Waals surface area contributed by atoms with Crippen LogP contribution in [0.15, 0.2) is 4.99 Å². The van der Waals surface area contributed by atoms with Gasteiger partial charge in [-0.05, 0) is 26.7 Å². The van der Waals surface area contributed by atoms with Crippen LogP contribution in [0.5, 0.6) is 0 Å². The summed E-state index contributed by atoms with van der Waals surface area (Å²) in [4.78, 5) is 4.62. The molecule has 68 valence electrons. The minimum Gasteiger partial charge on any atom is -0.478 e. The van der Waals surface area contributed by atoms with Crippen LogP contribution in [0.1, 0.15) is 26.7 Å². The average Bonchev–Trinajstić information content (AvgIpc) is 2.72. The summed E-state index contributed by atoms with van der Waals surface area (Å²) in [5.41, 5.74) is 0.366. The van der Waals surface area contributed by atoms with Crippen LogP contribution in [-0.2, 0) is 4.74 Å². The molecular weight excluding hydrogens is 265 g/mol. The predicted molar refractivity (Wildman–Crippen MR) is 58.0 cm³/mol. The summed E-state index contributed by atoms with van der Waals surface area (Å²) in [5, 5.41) is 0. The van der Waals surface area contributed by atoms with E-state index in [-0.39, 0.29) is 5.54 Å². The molecular formula is C9H14INO. The molecule has 0 saturated heterocycles. The minimum absolute atomic E-state index is 0.0245. The van der Waals surface area contributed by atoms with Gasteiger partial charge in [-0.1, -0.05) is 22.6 Å². The Bertz CT molecular complexity index is 231. The van der Waals surface area contributed by atoms with Gasteiger partial charge >= 0.3 is 0 Å². The highest BCUT2D eigenvalue weighted by Crippen LogP contribution is 2.50. The standard InChI is InChI=1S/C9H14INO/c1-8(2)6-12-7(11-8)9(5-10)3-4-9/h3-6H2,1-2H3. The zero-order chi connectivity index (χ0) is 8.82. The van der Waals surface area contributed by atoms with Crippen molar-refractivity contribution in [3.05, 3.63) is 0 Å². The molecule has 3 heteroatoms. The zero-order valence-corrected chi connectivity index (χ0v) is 9.72. The van der Waals surface area contributed by atoms with Gasteiger partial charge in [-0.25, -0.2) is 4.99 Å². The summed E-state index contributed by atoms with van der Waals surface area (Å²) in [6, 6.07) is 0. The molecule has 0 spiro atoms. The van der Waals surface area contributed by atoms with Crippen LogP contribution in [0.2, 0.25) is 0 Å². The van der Waals surface area contributed by atoms with Crippen LogP contribution in [0.4, 0.5) is 0 Å². The van der Waals surface area contributed by atoms with Crippen LogP contribution in [0, 0.1) is 5.41 Å². The van der Waals surface area contributed by atoms with Gasteiger partial charge in [0.05, 0.1) is 11.0 Å². The van der Waals surface area contributed by atoms with Gasteiger partial charge in [0.1, 0.15) is 6.61 Å². The molecule has 0 unspecified atom stereocenters. The first kappa shape index (κ1) is 8.78. The molecule has 1 saturated carbocycles. The summed E-state index contributed by atoms with van der Waals surface area (Å²) >= 11 is 2.43. The van der Waals surface area contributed by atoms with Gasteiger partial charge < -0.3 is 4.74 Å². The van der Waals surface area contributed by atoms with Crippen molar-refractivity contribution in [1.82, 2.24) is 0 Å². The highest BCUT2D eigenvalue weighted by atomic mass is 127. The first-order valence-electron chi connectivity index (χ1n) is 4.37. The van der Waals surface area contributed by atoms with Crippen LogP contribution >= 0.6 is 22.6 Å². The monoisotopic (exact) mass is 279 g/mol. The molecule has 2 rings (SSSR count). The fourth-order valence-electron chi connectivity index (χ4n) is 1.41. The summed E-state index contributed by atoms with van der Waals surface area (Å²) in [5.74, 6) is 1.03. The molecule has 12 heavy (non-hydrogen) atoms. The lowest BCUT2D eigenvalue weighted by Gasteiger charge is -2.09. The molecule has 0 aromatic rings. The Morgan fingerprint density at radius 3 is 2.50 bits per heavy atom. The van der Waals surface area contributed by atoms with Gasteiger partial charge in [-0.15, -0.1) is 0 Å². The summed E-state index contributed by atoms with van der Waals surface area (Å²) in [6.07, 6.45) is 2.54. The minimum atomic E-state index is 0.0245. The van der Waals surface area contributed by atoms with Crippen LogP contribution in [0.3, 0.4) is 0 Å². The van der Waals surface area contributed by atoms with Gasteiger partial charge in [0, 0.05) is 4.43 Å². The van der Waals surface area contributed by atoms with Gasteiger partial charge in [-0.3, -0.25) is 0 Å². The van der Waals surface area contributed by atoms with Crippen LogP contribution in [0.25, 0.3) is 0 Å². The maximum absolute atomic E-state index is 5.63. The van der Waals surface area contributed by atoms with Crippen molar-refractivity contribution in [1.29, 1.82) is 0 Å². The SMILES string of the molecule is CC1(C)COC(C2(CI)CC2)=N1. The molecule has 0 amide bonds. The Balaban J connectivity index is 2.16. The number of halogens is 1. The number of nitrogens with zero attached hydrogens (tertiary/aromatic N) is 1. The van der Waals surface area contributed by atoms with E-state index in [2.05, 4.69) is 41.4 Å². The van der Waals surface area contributed by atoms with Crippen molar-refractivity contribution in [2.45, 2.75) is 32.2 Å². The Kier molecular flexibility index (Phi) is 1.90. The Hall–Kier alpha value is 0.200. The molecule has 2 nitrogen and oxygen atoms in total. The third kappa shape index (κ3) is 1.36. The van der Waals surface area contributed by atoms with Gasteiger partial charge in [0.25, 0.3) is 0 Å². The van der Waals surface area contributed by atoms with E-state index in [1.54, 1.807) is 0 Å². The molecule has 0 radical (unpaired) electrons. The molecule has 0 bridgehead atoms. The molecule has 0 aromatic heterocycles. The molecule has 1 aliphatic heterocycles. The fourth-order valence-corrected chi connectivity index (χ4v) is 2.50. The van der Waals surface area contributed by atoms with Crippen molar-refractivity contribution in [3.8, 4) is 0 Å². The van der Waals surface area contributed by atoms with E-state index < -0.39 is 0 Å². The molecule has 2 aliphatic rings. The topological polar surface area (TPSA) is 21.6 Å². The normalized spacial score (nSPS) is 29.4. The van der Waals surface area contributed by atoms with E-state index in [1.807, 2.05) is 0 Å². The lowest BCUT2D eigenvalue weighted by molar-refractivity contribution is 0.265. The quantitative estimate of drug-likeness (QED) is 0.562. The van der Waals surface area contributed by atoms with E-state index in [0.717, 1.165) is 16.9 Å². The van der Waals surface area contributed by atoms with E-state index in [9.17, 15) is 0 Å². The largest absolute Gasteiger partial charge is 0.478 e. The van der Waals surface area contributed by atoms with Crippen molar-refractivity contribution in [2.75, 3.05) is 11.0 Å². The predicted octanol–water partition coefficient (Wildman–Crippen LogP) is 2.41. The van der Waals surface area contributed by atoms with E-state index >= 15 is 0 Å². The Morgan fingerprint density at radius 1 is 1.50 bits per heavy atom. The highest BCUT2D eigenvalue weighted by molar-refractivity contribution is 14.1. The van der Waals surface area contributed by atoms with E-state index in [0.29, 0.717) is 5.41 Å². The van der Waals surface area contributed by atoms with E-state index in [1.165, 1.54) is 12.8 Å². The second kappa shape index (κ2) is 2.59. The van der Waals surface area contributed by atoms with Gasteiger partial charge in [-0.2, -0.15) is 0 Å². The van der Waals surface area contributed by atoms with Crippen LogP contribution < -0.4 is 0 Å². The van der Waals surface area contributed by atoms with Crippen molar-refractivity contribution in [2.24, 2.45) is 10.4 Å². The number of alkyl halides is 1. The fraction of sp³-hybridized carbons (Fsp3) is 0.889. The maximum Gasteiger partial charge on any atom is 0.191 e. The summed E-state index contributed by atoms with van der Waals surface area (Å²) < 4.78 is 6.78. The number of hydrogen-bond acceptors (Lipinski definition) is 2. The number of rotatable bonds is 2. The van der Waals surface area contributed by atoms with Crippen molar-refractivity contribution < 1.29 is 4.74 Å². The van der Waals surface area contributed by atoms with Crippen molar-refractivity contribution >= 4 is 28.5 Å². The first-order chi connectivity index (χ1) is 5.58. The molecule has 1 fully saturated rings. The van der Waals surface area contributed by atoms with Crippen molar-refractivity contribution in [3.63, 3.8) is 0 Å². The third-order valence-corrected chi connectivity index (χ3v) is 3.99. The van der Waals surface area contributed by atoms with E-state index in [4.69, 9.17) is 4.74 Å².